The zero-order valence-corrected chi connectivity index (χ0v) is 49.1. The van der Waals surface area contributed by atoms with Crippen molar-refractivity contribution in [2.24, 2.45) is 0 Å². The van der Waals surface area contributed by atoms with Gasteiger partial charge in [-0.15, -0.1) is 0 Å². The van der Waals surface area contributed by atoms with E-state index in [0.29, 0.717) is 0 Å². The van der Waals surface area contributed by atoms with Crippen molar-refractivity contribution in [3.63, 3.8) is 0 Å². The molecule has 2 aliphatic carbocycles. The Morgan fingerprint density at radius 2 is 0.478 bits per heavy atom. The third kappa shape index (κ3) is 6.56. The van der Waals surface area contributed by atoms with Crippen LogP contribution < -0.4 is 9.80 Å². The number of hydrogen-bond donors (Lipinski definition) is 0. The first-order valence-electron chi connectivity index (χ1n) is 31.0. The normalized spacial score (nSPS) is 16.0. The Kier molecular flexibility index (Phi) is 9.91. The third-order valence-corrected chi connectivity index (χ3v) is 20.5. The highest BCUT2D eigenvalue weighted by molar-refractivity contribution is 6.17. The van der Waals surface area contributed by atoms with Gasteiger partial charge in [0.25, 0.3) is 0 Å². The van der Waals surface area contributed by atoms with Crippen molar-refractivity contribution in [3.8, 4) is 22.3 Å². The maximum Gasteiger partial charge on any atom is 0.135 e. The van der Waals surface area contributed by atoms with E-state index in [9.17, 15) is 0 Å². The Morgan fingerprint density at radius 1 is 0.222 bits per heavy atom. The van der Waals surface area contributed by atoms with Gasteiger partial charge in [-0.05, 0) is 164 Å². The molecular formula is C84H52N2O4. The van der Waals surface area contributed by atoms with Gasteiger partial charge >= 0.3 is 0 Å². The maximum atomic E-state index is 6.53. The molecule has 90 heavy (non-hydrogen) atoms. The van der Waals surface area contributed by atoms with E-state index in [1.165, 1.54) is 55.3 Å². The molecule has 0 bridgehead atoms. The van der Waals surface area contributed by atoms with Crippen LogP contribution in [0.3, 0.4) is 0 Å². The van der Waals surface area contributed by atoms with E-state index in [4.69, 9.17) is 17.7 Å². The topological polar surface area (TPSA) is 59.0 Å². The standard InChI is InChI=1S/C84H52N2O4/c1-83(67-29-13-7-27-61(67)81-59-25-5-3-19-53(59)71(47-69(81)83)85(49-35-39-77-63(43-49)55-21-9-15-31-73(55)87-77)50-36-40-78-64(44-50)56-22-10-16-32-74(56)88-78)84(2)68-30-14-8-28-62(68)82-60-26-6-4-20-54(60)72(48-70(82)84)86(51-37-41-79-65(45-51)57-23-11-17-33-75(57)89-79)52-38-42-80-66(46-52)58-24-12-18-34-76(58)90-80/h3-48H,1-2H3. The smallest absolute Gasteiger partial charge is 0.135 e. The minimum atomic E-state index is -0.687. The van der Waals surface area contributed by atoms with Gasteiger partial charge < -0.3 is 27.5 Å². The second-order valence-electron chi connectivity index (χ2n) is 24.9. The highest BCUT2D eigenvalue weighted by Gasteiger charge is 2.58. The summed E-state index contributed by atoms with van der Waals surface area (Å²) in [6, 6.07) is 102. The molecule has 0 fully saturated rings. The van der Waals surface area contributed by atoms with E-state index in [2.05, 4.69) is 278 Å². The highest BCUT2D eigenvalue weighted by Crippen LogP contribution is 2.68. The quantitative estimate of drug-likeness (QED) is 0.158. The van der Waals surface area contributed by atoms with Crippen molar-refractivity contribution >= 4 is 143 Å². The minimum Gasteiger partial charge on any atom is -0.456 e. The molecule has 14 aromatic carbocycles. The molecule has 2 unspecified atom stereocenters. The van der Waals surface area contributed by atoms with E-state index in [1.54, 1.807) is 0 Å². The second kappa shape index (κ2) is 18.0. The number of rotatable bonds is 7. The molecule has 18 aromatic rings. The first-order chi connectivity index (χ1) is 44.4. The van der Waals surface area contributed by atoms with Crippen LogP contribution in [0.2, 0.25) is 0 Å². The number of para-hydroxylation sites is 4. The van der Waals surface area contributed by atoms with Crippen LogP contribution in [0.4, 0.5) is 34.1 Å². The lowest BCUT2D eigenvalue weighted by atomic mass is 9.56. The van der Waals surface area contributed by atoms with Crippen molar-refractivity contribution in [2.45, 2.75) is 24.7 Å². The molecule has 0 spiro atoms. The fourth-order valence-corrected chi connectivity index (χ4v) is 16.4. The molecule has 0 saturated carbocycles. The minimum absolute atomic E-state index is 0.687. The SMILES string of the molecule is CC1(C2(C)c3ccccc3-c3c2cc(N(c2ccc4oc5ccccc5c4c2)c2ccc4oc5ccccc5c4c2)c2ccccc32)c2ccccc2-c2c1cc(N(c1ccc3oc4ccccc4c3c1)c1ccc3oc4ccccc4c3c1)c1ccccc21. The first kappa shape index (κ1) is 49.5. The number of anilines is 6. The van der Waals surface area contributed by atoms with Gasteiger partial charge in [0, 0.05) is 87.4 Å². The fraction of sp³-hybridized carbons (Fsp3) is 0.0476. The molecule has 2 atom stereocenters. The van der Waals surface area contributed by atoms with E-state index < -0.39 is 10.8 Å². The Hall–Kier alpha value is -11.6. The van der Waals surface area contributed by atoms with E-state index in [-0.39, 0.29) is 0 Å². The van der Waals surface area contributed by atoms with Crippen molar-refractivity contribution in [1.29, 1.82) is 0 Å². The molecule has 2 aliphatic rings. The molecule has 20 rings (SSSR count). The number of hydrogen-bond acceptors (Lipinski definition) is 6. The predicted octanol–water partition coefficient (Wildman–Crippen LogP) is 23.8. The Balaban J connectivity index is 0.876. The van der Waals surface area contributed by atoms with E-state index >= 15 is 0 Å². The van der Waals surface area contributed by atoms with Crippen LogP contribution in [0.5, 0.6) is 0 Å². The molecule has 0 amide bonds. The van der Waals surface area contributed by atoms with Gasteiger partial charge in [0.2, 0.25) is 0 Å². The fourth-order valence-electron chi connectivity index (χ4n) is 16.4. The van der Waals surface area contributed by atoms with Crippen LogP contribution in [0.1, 0.15) is 36.1 Å². The summed E-state index contributed by atoms with van der Waals surface area (Å²) in [7, 11) is 0. The zero-order chi connectivity index (χ0) is 59.1. The zero-order valence-electron chi connectivity index (χ0n) is 49.1. The Labute approximate surface area is 516 Å². The summed E-state index contributed by atoms with van der Waals surface area (Å²) in [6.07, 6.45) is 0. The molecule has 0 radical (unpaired) electrons. The van der Waals surface area contributed by atoms with Crippen molar-refractivity contribution in [2.75, 3.05) is 9.80 Å². The third-order valence-electron chi connectivity index (χ3n) is 20.5. The largest absolute Gasteiger partial charge is 0.456 e. The van der Waals surface area contributed by atoms with Gasteiger partial charge in [-0.3, -0.25) is 0 Å². The molecule has 6 nitrogen and oxygen atoms in total. The lowest BCUT2D eigenvalue weighted by Gasteiger charge is -2.46. The number of fused-ring (bicyclic) bond motifs is 22. The van der Waals surface area contributed by atoms with Gasteiger partial charge in [0.1, 0.15) is 44.7 Å². The Morgan fingerprint density at radius 3 is 0.800 bits per heavy atom. The molecule has 6 heteroatoms. The molecule has 4 heterocycles. The lowest BCUT2D eigenvalue weighted by molar-refractivity contribution is 0.376. The maximum absolute atomic E-state index is 6.53. The van der Waals surface area contributed by atoms with Crippen LogP contribution in [-0.4, -0.2) is 0 Å². The van der Waals surface area contributed by atoms with Crippen molar-refractivity contribution in [3.05, 3.63) is 301 Å². The molecule has 0 aliphatic heterocycles. The number of benzene rings is 14. The number of furan rings is 4. The monoisotopic (exact) mass is 1150 g/mol. The summed E-state index contributed by atoms with van der Waals surface area (Å²) in [6.45, 7) is 5.09. The predicted molar refractivity (Wildman–Crippen MR) is 370 cm³/mol. The first-order valence-corrected chi connectivity index (χ1v) is 31.0. The summed E-state index contributed by atoms with van der Waals surface area (Å²) in [4.78, 5) is 4.97. The van der Waals surface area contributed by atoms with Gasteiger partial charge in [-0.2, -0.15) is 0 Å². The van der Waals surface area contributed by atoms with Gasteiger partial charge in [0.15, 0.2) is 0 Å². The summed E-state index contributed by atoms with van der Waals surface area (Å²) in [5.74, 6) is 0. The Bertz CT molecular complexity index is 5530. The summed E-state index contributed by atoms with van der Waals surface area (Å²) in [5, 5.41) is 13.2. The summed E-state index contributed by atoms with van der Waals surface area (Å²) < 4.78 is 26.1. The molecule has 422 valence electrons. The van der Waals surface area contributed by atoms with Gasteiger partial charge in [0.05, 0.1) is 11.4 Å². The van der Waals surface area contributed by atoms with E-state index in [0.717, 1.165) is 133 Å². The van der Waals surface area contributed by atoms with Crippen LogP contribution in [0.25, 0.3) is 132 Å². The van der Waals surface area contributed by atoms with Crippen molar-refractivity contribution in [1.82, 2.24) is 0 Å². The highest BCUT2D eigenvalue weighted by atomic mass is 16.3. The summed E-state index contributed by atoms with van der Waals surface area (Å²) >= 11 is 0. The molecule has 0 N–H and O–H groups in total. The van der Waals surface area contributed by atoms with Crippen molar-refractivity contribution < 1.29 is 17.7 Å². The van der Waals surface area contributed by atoms with Crippen LogP contribution in [0, 0.1) is 0 Å². The lowest BCUT2D eigenvalue weighted by Crippen LogP contribution is -2.44. The van der Waals surface area contributed by atoms with Crippen LogP contribution in [0.15, 0.2) is 297 Å². The number of nitrogens with zero attached hydrogens (tertiary/aromatic N) is 2. The summed E-state index contributed by atoms with van der Waals surface area (Å²) in [5.41, 5.74) is 21.8. The average molecular weight is 1150 g/mol. The molecule has 4 aromatic heterocycles. The van der Waals surface area contributed by atoms with Gasteiger partial charge in [-0.25, -0.2) is 0 Å². The van der Waals surface area contributed by atoms with Crippen LogP contribution in [-0.2, 0) is 10.8 Å². The van der Waals surface area contributed by atoms with Gasteiger partial charge in [-0.1, -0.05) is 184 Å². The molecule has 0 saturated heterocycles. The van der Waals surface area contributed by atoms with E-state index in [1.807, 2.05) is 24.3 Å². The molecular weight excluding hydrogens is 1100 g/mol. The van der Waals surface area contributed by atoms with Crippen LogP contribution >= 0.6 is 0 Å². The second-order valence-corrected chi connectivity index (χ2v) is 24.9. The average Bonchev–Trinajstić information content (AvgIpc) is 1.50.